The topological polar surface area (TPSA) is 59.1 Å². The van der Waals surface area contributed by atoms with E-state index in [1.807, 2.05) is 74.1 Å². The smallest absolute Gasteiger partial charge is 0.270 e. The molecule has 0 atom stereocenters. The van der Waals surface area contributed by atoms with Gasteiger partial charge in [-0.1, -0.05) is 55.4 Å². The molecule has 0 aliphatic carbocycles. The summed E-state index contributed by atoms with van der Waals surface area (Å²) < 4.78 is 36.0. The first-order chi connectivity index (χ1) is 11.8. The Bertz CT molecular complexity index is 376. The van der Waals surface area contributed by atoms with Crippen LogP contribution in [0, 0.1) is 0 Å². The monoisotopic (exact) mass is 397 g/mol. The summed E-state index contributed by atoms with van der Waals surface area (Å²) in [6.07, 6.45) is 0. The molecule has 7 nitrogen and oxygen atoms in total. The lowest BCUT2D eigenvalue weighted by Crippen LogP contribution is -2.44. The van der Waals surface area contributed by atoms with Crippen LogP contribution in [0.25, 0.3) is 0 Å². The van der Waals surface area contributed by atoms with Crippen LogP contribution in [0.2, 0.25) is 0 Å². The Morgan fingerprint density at radius 3 is 0.760 bits per heavy atom. The van der Waals surface area contributed by atoms with Gasteiger partial charge < -0.3 is 0 Å². The number of hydrogen-bond donors (Lipinski definition) is 1. The van der Waals surface area contributed by atoms with Crippen LogP contribution in [-0.4, -0.2) is 71.0 Å². The highest BCUT2D eigenvalue weighted by Crippen LogP contribution is 2.62. The van der Waals surface area contributed by atoms with Crippen molar-refractivity contribution in [1.82, 2.24) is 23.5 Å². The van der Waals surface area contributed by atoms with Crippen molar-refractivity contribution in [1.29, 1.82) is 0 Å². The van der Waals surface area contributed by atoms with E-state index in [4.69, 9.17) is 0 Å². The first kappa shape index (κ1) is 25.3. The molecule has 0 bridgehead atoms. The van der Waals surface area contributed by atoms with Crippen molar-refractivity contribution >= 4 is 15.2 Å². The molecule has 0 aromatic rings. The van der Waals surface area contributed by atoms with E-state index < -0.39 is 15.2 Å². The summed E-state index contributed by atoms with van der Waals surface area (Å²) in [6, 6.07) is 0. The number of hydrogen-bond acceptors (Lipinski definition) is 2. The molecule has 0 aromatic carbocycles. The molecular weight excluding hydrogens is 356 g/mol. The molecular formula is C16H41N5O2P2. The van der Waals surface area contributed by atoms with Crippen molar-refractivity contribution in [2.45, 2.75) is 55.4 Å². The fourth-order valence-electron chi connectivity index (χ4n) is 3.21. The second kappa shape index (κ2) is 11.9. The minimum atomic E-state index is -3.15. The highest BCUT2D eigenvalue weighted by atomic mass is 31.2. The molecule has 0 saturated carbocycles. The van der Waals surface area contributed by atoms with Gasteiger partial charge in [-0.25, -0.2) is 18.7 Å². The second-order valence-corrected chi connectivity index (χ2v) is 11.0. The third kappa shape index (κ3) is 5.62. The van der Waals surface area contributed by atoms with Crippen molar-refractivity contribution in [2.24, 2.45) is 0 Å². The zero-order valence-corrected chi connectivity index (χ0v) is 19.4. The van der Waals surface area contributed by atoms with E-state index in [1.54, 1.807) is 0 Å². The van der Waals surface area contributed by atoms with Gasteiger partial charge in [-0.05, 0) is 0 Å². The zero-order valence-electron chi connectivity index (χ0n) is 17.7. The number of rotatable bonds is 14. The van der Waals surface area contributed by atoms with Crippen LogP contribution in [0.1, 0.15) is 55.4 Å². The summed E-state index contributed by atoms with van der Waals surface area (Å²) in [5, 5.41) is 0. The molecule has 0 spiro atoms. The molecule has 0 unspecified atom stereocenters. The minimum Gasteiger partial charge on any atom is -0.270 e. The summed E-state index contributed by atoms with van der Waals surface area (Å²) in [5.41, 5.74) is 0. The van der Waals surface area contributed by atoms with Crippen molar-refractivity contribution in [3.8, 4) is 0 Å². The molecule has 25 heavy (non-hydrogen) atoms. The first-order valence-corrected chi connectivity index (χ1v) is 13.0. The maximum Gasteiger partial charge on any atom is 0.291 e. The quantitative estimate of drug-likeness (QED) is 0.442. The summed E-state index contributed by atoms with van der Waals surface area (Å²) in [6.45, 7) is 21.2. The Morgan fingerprint density at radius 2 is 0.640 bits per heavy atom. The molecule has 0 rings (SSSR count). The molecule has 0 radical (unpaired) electrons. The third-order valence-electron chi connectivity index (χ3n) is 4.71. The molecule has 0 aliphatic rings. The second-order valence-electron chi connectivity index (χ2n) is 5.74. The Hall–Kier alpha value is 0.260. The molecule has 0 aliphatic heterocycles. The van der Waals surface area contributed by atoms with Crippen molar-refractivity contribution in [3.63, 3.8) is 0 Å². The van der Waals surface area contributed by atoms with Gasteiger partial charge in [0, 0.05) is 52.4 Å². The molecule has 0 fully saturated rings. The van der Waals surface area contributed by atoms with E-state index in [-0.39, 0.29) is 0 Å². The Balaban J connectivity index is 6.24. The molecule has 0 heterocycles. The Kier molecular flexibility index (Phi) is 12.0. The lowest BCUT2D eigenvalue weighted by atomic mass is 10.7. The Labute approximate surface area is 156 Å². The van der Waals surface area contributed by atoms with E-state index in [1.165, 1.54) is 0 Å². The van der Waals surface area contributed by atoms with Gasteiger partial charge in [0.15, 0.2) is 0 Å². The minimum absolute atomic E-state index is 0.647. The lowest BCUT2D eigenvalue weighted by Gasteiger charge is -2.44. The first-order valence-electron chi connectivity index (χ1n) is 9.80. The average molecular weight is 397 g/mol. The van der Waals surface area contributed by atoms with Gasteiger partial charge in [0.1, 0.15) is 0 Å². The average Bonchev–Trinajstić information content (AvgIpc) is 2.58. The number of nitrogens with one attached hydrogen (secondary N) is 1. The fraction of sp³-hybridized carbons (Fsp3) is 1.00. The molecule has 152 valence electrons. The van der Waals surface area contributed by atoms with Crippen molar-refractivity contribution < 1.29 is 9.13 Å². The van der Waals surface area contributed by atoms with Crippen LogP contribution < -0.4 is 4.86 Å². The van der Waals surface area contributed by atoms with E-state index in [0.29, 0.717) is 52.4 Å². The predicted octanol–water partition coefficient (Wildman–Crippen LogP) is 4.16. The highest BCUT2D eigenvalue weighted by molar-refractivity contribution is 7.72. The van der Waals surface area contributed by atoms with Crippen LogP contribution in [-0.2, 0) is 9.13 Å². The van der Waals surface area contributed by atoms with E-state index >= 15 is 0 Å². The predicted molar refractivity (Wildman–Crippen MR) is 110 cm³/mol. The van der Waals surface area contributed by atoms with E-state index in [2.05, 4.69) is 4.86 Å². The van der Waals surface area contributed by atoms with Gasteiger partial charge in [0.05, 0.1) is 0 Å². The maximum atomic E-state index is 14.1. The molecule has 0 aromatic heterocycles. The molecule has 0 saturated heterocycles. The molecule has 9 heteroatoms. The van der Waals surface area contributed by atoms with Crippen LogP contribution in [0.3, 0.4) is 0 Å². The SMILES string of the molecule is CCN(CC)P(=O)(NP(=O)(N(CC)CC)N(CC)CC)N(CC)CC. The van der Waals surface area contributed by atoms with Crippen LogP contribution in [0.4, 0.5) is 0 Å². The van der Waals surface area contributed by atoms with Gasteiger partial charge in [-0.15, -0.1) is 0 Å². The molecule has 1 N–H and O–H groups in total. The van der Waals surface area contributed by atoms with Crippen LogP contribution >= 0.6 is 15.2 Å². The summed E-state index contributed by atoms with van der Waals surface area (Å²) in [4.78, 5) is 3.23. The summed E-state index contributed by atoms with van der Waals surface area (Å²) in [5.74, 6) is 0. The van der Waals surface area contributed by atoms with Crippen molar-refractivity contribution in [3.05, 3.63) is 0 Å². The van der Waals surface area contributed by atoms with Gasteiger partial charge in [-0.3, -0.25) is 9.13 Å². The largest absolute Gasteiger partial charge is 0.291 e. The lowest BCUT2D eigenvalue weighted by molar-refractivity contribution is 0.333. The maximum absolute atomic E-state index is 14.1. The third-order valence-corrected chi connectivity index (χ3v) is 12.1. The van der Waals surface area contributed by atoms with Crippen LogP contribution in [0.5, 0.6) is 0 Å². The fourth-order valence-corrected chi connectivity index (χ4v) is 10.4. The summed E-state index contributed by atoms with van der Waals surface area (Å²) >= 11 is 0. The van der Waals surface area contributed by atoms with E-state index in [0.717, 1.165) is 0 Å². The molecule has 0 amide bonds. The van der Waals surface area contributed by atoms with Gasteiger partial charge in [0.25, 0.3) is 15.2 Å². The van der Waals surface area contributed by atoms with Crippen molar-refractivity contribution in [2.75, 3.05) is 52.4 Å². The summed E-state index contributed by atoms with van der Waals surface area (Å²) in [7, 11) is -6.30. The number of nitrogens with zero attached hydrogens (tertiary/aromatic N) is 4. The standard InChI is InChI=1S/C16H41N5O2P2/c1-9-18(10-2)24(22,19(11-3)12-4)17-25(23,20(13-5)14-6)21(15-7)16-8/h9-16H2,1-8H3,(H,17,22,23). The van der Waals surface area contributed by atoms with Gasteiger partial charge in [0.2, 0.25) is 0 Å². The van der Waals surface area contributed by atoms with E-state index in [9.17, 15) is 9.13 Å². The van der Waals surface area contributed by atoms with Crippen LogP contribution in [0.15, 0.2) is 0 Å². The normalized spacial score (nSPS) is 13.6. The van der Waals surface area contributed by atoms with Gasteiger partial charge >= 0.3 is 0 Å². The van der Waals surface area contributed by atoms with Gasteiger partial charge in [-0.2, -0.15) is 4.86 Å². The Morgan fingerprint density at radius 1 is 0.480 bits per heavy atom. The highest BCUT2D eigenvalue weighted by Gasteiger charge is 2.45. The zero-order chi connectivity index (χ0) is 19.7.